The van der Waals surface area contributed by atoms with Crippen LogP contribution in [0.3, 0.4) is 0 Å². The van der Waals surface area contributed by atoms with Crippen LogP contribution in [0.2, 0.25) is 0 Å². The number of benzene rings is 2. The number of hydrogen-bond acceptors (Lipinski definition) is 5. The van der Waals surface area contributed by atoms with Gasteiger partial charge in [0.15, 0.2) is 5.70 Å². The molecule has 2 aromatic rings. The number of cyclic esters (lactones) is 1. The molecule has 0 saturated heterocycles. The minimum absolute atomic E-state index is 0.0664. The number of carbonyl (C=O) groups is 1. The second-order valence-corrected chi connectivity index (χ2v) is 4.95. The Hall–Kier alpha value is -3.15. The Balaban J connectivity index is 1.98. The molecule has 1 heterocycles. The summed E-state index contributed by atoms with van der Waals surface area (Å²) in [6, 6.07) is 11.0. The summed E-state index contributed by atoms with van der Waals surface area (Å²) in [4.78, 5) is 16.2. The van der Waals surface area contributed by atoms with Gasteiger partial charge in [0.1, 0.15) is 17.3 Å². The molecule has 2 aromatic carbocycles. The normalized spacial score (nSPS) is 15.2. The quantitative estimate of drug-likeness (QED) is 0.639. The Morgan fingerprint density at radius 3 is 2.71 bits per heavy atom. The zero-order valence-electron chi connectivity index (χ0n) is 13.1. The van der Waals surface area contributed by atoms with Crippen molar-refractivity contribution in [2.24, 2.45) is 4.99 Å². The van der Waals surface area contributed by atoms with Crippen molar-refractivity contribution in [2.75, 3.05) is 14.2 Å². The molecule has 1 aliphatic heterocycles. The molecule has 0 bridgehead atoms. The van der Waals surface area contributed by atoms with Crippen molar-refractivity contribution < 1.29 is 23.4 Å². The van der Waals surface area contributed by atoms with Crippen LogP contribution in [0.4, 0.5) is 4.39 Å². The molecule has 0 radical (unpaired) electrons. The van der Waals surface area contributed by atoms with E-state index in [1.165, 1.54) is 31.4 Å². The molecule has 0 amide bonds. The zero-order valence-corrected chi connectivity index (χ0v) is 13.1. The van der Waals surface area contributed by atoms with Gasteiger partial charge in [-0.15, -0.1) is 0 Å². The summed E-state index contributed by atoms with van der Waals surface area (Å²) in [5.74, 6) is 0.169. The first-order chi connectivity index (χ1) is 11.6. The average Bonchev–Trinajstić information content (AvgIpc) is 2.96. The maximum Gasteiger partial charge on any atom is 0.363 e. The second kappa shape index (κ2) is 6.54. The molecule has 0 aliphatic carbocycles. The summed E-state index contributed by atoms with van der Waals surface area (Å²) in [7, 11) is 3.01. The Morgan fingerprint density at radius 1 is 1.12 bits per heavy atom. The van der Waals surface area contributed by atoms with Crippen LogP contribution in [0.25, 0.3) is 6.08 Å². The molecule has 122 valence electrons. The molecule has 5 nitrogen and oxygen atoms in total. The lowest BCUT2D eigenvalue weighted by atomic mass is 10.1. The fourth-order valence-corrected chi connectivity index (χ4v) is 2.25. The number of ether oxygens (including phenoxy) is 3. The summed E-state index contributed by atoms with van der Waals surface area (Å²) >= 11 is 0. The first-order valence-corrected chi connectivity index (χ1v) is 7.11. The van der Waals surface area contributed by atoms with Crippen molar-refractivity contribution in [1.82, 2.24) is 0 Å². The van der Waals surface area contributed by atoms with Crippen LogP contribution in [0.5, 0.6) is 11.5 Å². The standard InChI is InChI=1S/C18H14FNO4/c1-22-14-5-3-4-11(9-14)17-20-15(18(21)24-17)10-12-8-13(19)6-7-16(12)23-2/h3-10H,1-2H3/b15-10+. The molecule has 0 spiro atoms. The number of nitrogens with zero attached hydrogens (tertiary/aromatic N) is 1. The summed E-state index contributed by atoms with van der Waals surface area (Å²) < 4.78 is 28.9. The van der Waals surface area contributed by atoms with E-state index in [0.717, 1.165) is 0 Å². The van der Waals surface area contributed by atoms with Crippen molar-refractivity contribution in [2.45, 2.75) is 0 Å². The lowest BCUT2D eigenvalue weighted by Gasteiger charge is -2.04. The number of methoxy groups -OCH3 is 2. The lowest BCUT2D eigenvalue weighted by Crippen LogP contribution is -2.05. The van der Waals surface area contributed by atoms with E-state index in [4.69, 9.17) is 14.2 Å². The van der Waals surface area contributed by atoms with Gasteiger partial charge in [-0.3, -0.25) is 0 Å². The van der Waals surface area contributed by atoms with Crippen molar-refractivity contribution in [3.63, 3.8) is 0 Å². The highest BCUT2D eigenvalue weighted by Gasteiger charge is 2.24. The Labute approximate surface area is 138 Å². The Bertz CT molecular complexity index is 858. The molecule has 0 aromatic heterocycles. The van der Waals surface area contributed by atoms with E-state index >= 15 is 0 Å². The van der Waals surface area contributed by atoms with E-state index in [9.17, 15) is 9.18 Å². The summed E-state index contributed by atoms with van der Waals surface area (Å²) in [5.41, 5.74) is 1.08. The predicted molar refractivity (Wildman–Crippen MR) is 86.6 cm³/mol. The highest BCUT2D eigenvalue weighted by atomic mass is 19.1. The van der Waals surface area contributed by atoms with Gasteiger partial charge in [-0.05, 0) is 42.5 Å². The van der Waals surface area contributed by atoms with Gasteiger partial charge in [-0.25, -0.2) is 14.2 Å². The van der Waals surface area contributed by atoms with Gasteiger partial charge in [-0.2, -0.15) is 0 Å². The van der Waals surface area contributed by atoms with Crippen LogP contribution in [0.15, 0.2) is 53.2 Å². The molecular weight excluding hydrogens is 313 g/mol. The van der Waals surface area contributed by atoms with Crippen LogP contribution < -0.4 is 9.47 Å². The molecule has 0 saturated carbocycles. The topological polar surface area (TPSA) is 57.1 Å². The summed E-state index contributed by atoms with van der Waals surface area (Å²) in [6.45, 7) is 0. The minimum atomic E-state index is -0.612. The summed E-state index contributed by atoms with van der Waals surface area (Å²) in [6.07, 6.45) is 1.43. The number of esters is 1. The van der Waals surface area contributed by atoms with Gasteiger partial charge in [0.2, 0.25) is 5.90 Å². The van der Waals surface area contributed by atoms with Crippen LogP contribution in [0, 0.1) is 5.82 Å². The molecule has 0 atom stereocenters. The molecule has 6 heteroatoms. The number of hydrogen-bond donors (Lipinski definition) is 0. The summed E-state index contributed by atoms with van der Waals surface area (Å²) in [5, 5.41) is 0. The molecular formula is C18H14FNO4. The highest BCUT2D eigenvalue weighted by molar-refractivity contribution is 6.13. The number of aliphatic imine (C=N–C) groups is 1. The van der Waals surface area contributed by atoms with Crippen LogP contribution in [-0.2, 0) is 9.53 Å². The molecule has 24 heavy (non-hydrogen) atoms. The Kier molecular flexibility index (Phi) is 4.29. The third-order valence-electron chi connectivity index (χ3n) is 3.42. The van der Waals surface area contributed by atoms with E-state index in [-0.39, 0.29) is 11.6 Å². The van der Waals surface area contributed by atoms with E-state index in [2.05, 4.69) is 4.99 Å². The van der Waals surface area contributed by atoms with E-state index < -0.39 is 11.8 Å². The van der Waals surface area contributed by atoms with Crippen LogP contribution in [-0.4, -0.2) is 26.1 Å². The average molecular weight is 327 g/mol. The van der Waals surface area contributed by atoms with Crippen LogP contribution >= 0.6 is 0 Å². The SMILES string of the molecule is COc1cccc(C2=N/C(=C/c3cc(F)ccc3OC)C(=O)O2)c1. The molecule has 0 fully saturated rings. The third-order valence-corrected chi connectivity index (χ3v) is 3.42. The number of rotatable bonds is 4. The molecule has 1 aliphatic rings. The van der Waals surface area contributed by atoms with Crippen molar-refractivity contribution in [3.05, 3.63) is 65.1 Å². The first kappa shape index (κ1) is 15.7. The Morgan fingerprint density at radius 2 is 1.96 bits per heavy atom. The minimum Gasteiger partial charge on any atom is -0.497 e. The van der Waals surface area contributed by atoms with Gasteiger partial charge < -0.3 is 14.2 Å². The second-order valence-electron chi connectivity index (χ2n) is 4.95. The number of carbonyl (C=O) groups excluding carboxylic acids is 1. The van der Waals surface area contributed by atoms with Gasteiger partial charge >= 0.3 is 5.97 Å². The molecule has 3 rings (SSSR count). The molecule has 0 unspecified atom stereocenters. The largest absolute Gasteiger partial charge is 0.497 e. The molecule has 0 N–H and O–H groups in total. The lowest BCUT2D eigenvalue weighted by molar-refractivity contribution is -0.129. The van der Waals surface area contributed by atoms with Gasteiger partial charge in [0.05, 0.1) is 14.2 Å². The van der Waals surface area contributed by atoms with Crippen molar-refractivity contribution in [3.8, 4) is 11.5 Å². The maximum absolute atomic E-state index is 13.4. The van der Waals surface area contributed by atoms with Crippen molar-refractivity contribution in [1.29, 1.82) is 0 Å². The van der Waals surface area contributed by atoms with Crippen LogP contribution in [0.1, 0.15) is 11.1 Å². The fraction of sp³-hybridized carbons (Fsp3) is 0.111. The van der Waals surface area contributed by atoms with E-state index in [1.807, 2.05) is 0 Å². The fourth-order valence-electron chi connectivity index (χ4n) is 2.25. The first-order valence-electron chi connectivity index (χ1n) is 7.11. The number of halogens is 1. The monoisotopic (exact) mass is 327 g/mol. The van der Waals surface area contributed by atoms with Gasteiger partial charge in [-0.1, -0.05) is 6.07 Å². The van der Waals surface area contributed by atoms with Crippen molar-refractivity contribution >= 4 is 17.9 Å². The van der Waals surface area contributed by atoms with Gasteiger partial charge in [0.25, 0.3) is 0 Å². The van der Waals surface area contributed by atoms with E-state index in [0.29, 0.717) is 22.6 Å². The zero-order chi connectivity index (χ0) is 17.1. The maximum atomic E-state index is 13.4. The predicted octanol–water partition coefficient (Wildman–Crippen LogP) is 3.19. The van der Waals surface area contributed by atoms with Gasteiger partial charge in [0, 0.05) is 11.1 Å². The highest BCUT2D eigenvalue weighted by Crippen LogP contribution is 2.26. The smallest absolute Gasteiger partial charge is 0.363 e. The third kappa shape index (κ3) is 3.12. The van der Waals surface area contributed by atoms with E-state index in [1.54, 1.807) is 31.4 Å².